The van der Waals surface area contributed by atoms with Gasteiger partial charge in [0.1, 0.15) is 0 Å². The first kappa shape index (κ1) is 35.5. The minimum Gasteiger partial charge on any atom is -0.0885 e. The van der Waals surface area contributed by atoms with Gasteiger partial charge < -0.3 is 0 Å². The monoisotopic (exact) mass is 502 g/mol. The lowest BCUT2D eigenvalue weighted by Crippen LogP contribution is -1.83. The number of rotatable bonds is 31. The maximum atomic E-state index is 2.43. The molecule has 0 unspecified atom stereocenters. The van der Waals surface area contributed by atoms with Gasteiger partial charge in [0.25, 0.3) is 0 Å². The SMILES string of the molecule is CCCCCCCCCCC/C=C\CCCC[CH]C=CCCCCCCCCCCCCCCCC. The summed E-state index contributed by atoms with van der Waals surface area (Å²) < 4.78 is 0. The Bertz CT molecular complexity index is 418. The molecule has 0 aliphatic rings. The predicted molar refractivity (Wildman–Crippen MR) is 168 cm³/mol. The molecule has 0 amide bonds. The van der Waals surface area contributed by atoms with Crippen molar-refractivity contribution in [1.29, 1.82) is 0 Å². The van der Waals surface area contributed by atoms with Crippen LogP contribution in [0.2, 0.25) is 0 Å². The van der Waals surface area contributed by atoms with E-state index in [0.29, 0.717) is 0 Å². The van der Waals surface area contributed by atoms with Crippen LogP contribution in [0.4, 0.5) is 0 Å². The van der Waals surface area contributed by atoms with Crippen molar-refractivity contribution in [3.05, 3.63) is 30.7 Å². The van der Waals surface area contributed by atoms with Gasteiger partial charge in [-0.2, -0.15) is 0 Å². The van der Waals surface area contributed by atoms with Gasteiger partial charge >= 0.3 is 0 Å². The minimum absolute atomic E-state index is 1.25. The molecule has 0 N–H and O–H groups in total. The molecule has 0 saturated carbocycles. The van der Waals surface area contributed by atoms with E-state index in [4.69, 9.17) is 0 Å². The minimum atomic E-state index is 1.25. The van der Waals surface area contributed by atoms with Crippen molar-refractivity contribution in [2.45, 2.75) is 200 Å². The summed E-state index contributed by atoms with van der Waals surface area (Å²) in [6.45, 7) is 4.60. The number of hydrogen-bond donors (Lipinski definition) is 0. The zero-order valence-corrected chi connectivity index (χ0v) is 25.4. The number of unbranched alkanes of at least 4 members (excludes halogenated alkanes) is 27. The van der Waals surface area contributed by atoms with Crippen LogP contribution in [-0.4, -0.2) is 0 Å². The Morgan fingerprint density at radius 1 is 0.278 bits per heavy atom. The lowest BCUT2D eigenvalue weighted by Gasteiger charge is -2.02. The average Bonchev–Trinajstić information content (AvgIpc) is 2.89. The van der Waals surface area contributed by atoms with E-state index in [2.05, 4.69) is 44.6 Å². The molecule has 0 aliphatic heterocycles. The molecule has 0 nitrogen and oxygen atoms in total. The molecule has 0 aromatic carbocycles. The first-order valence-electron chi connectivity index (χ1n) is 17.0. The Balaban J connectivity index is 3.13. The van der Waals surface area contributed by atoms with Crippen LogP contribution in [0.3, 0.4) is 0 Å². The molecule has 213 valence electrons. The highest BCUT2D eigenvalue weighted by Gasteiger charge is 1.94. The van der Waals surface area contributed by atoms with Crippen LogP contribution in [0, 0.1) is 6.42 Å². The third-order valence-electron chi connectivity index (χ3n) is 7.63. The van der Waals surface area contributed by atoms with Gasteiger partial charge in [-0.1, -0.05) is 179 Å². The third-order valence-corrected chi connectivity index (χ3v) is 7.63. The summed E-state index contributed by atoms with van der Waals surface area (Å²) in [4.78, 5) is 0. The van der Waals surface area contributed by atoms with Crippen LogP contribution in [0.15, 0.2) is 24.3 Å². The quantitative estimate of drug-likeness (QED) is 0.0654. The Labute approximate surface area is 230 Å². The number of hydrogen-bond acceptors (Lipinski definition) is 0. The largest absolute Gasteiger partial charge is 0.0885 e. The summed E-state index contributed by atoms with van der Waals surface area (Å²) >= 11 is 0. The summed E-state index contributed by atoms with van der Waals surface area (Å²) in [7, 11) is 0. The van der Waals surface area contributed by atoms with Crippen LogP contribution in [0.5, 0.6) is 0 Å². The van der Waals surface area contributed by atoms with Crippen molar-refractivity contribution >= 4 is 0 Å². The van der Waals surface area contributed by atoms with Crippen molar-refractivity contribution in [2.24, 2.45) is 0 Å². The van der Waals surface area contributed by atoms with Crippen molar-refractivity contribution in [1.82, 2.24) is 0 Å². The molecule has 0 aromatic rings. The molecule has 0 fully saturated rings. The van der Waals surface area contributed by atoms with Crippen LogP contribution >= 0.6 is 0 Å². The maximum absolute atomic E-state index is 2.43. The molecule has 0 aliphatic carbocycles. The fourth-order valence-corrected chi connectivity index (χ4v) is 5.08. The van der Waals surface area contributed by atoms with E-state index >= 15 is 0 Å². The van der Waals surface area contributed by atoms with Gasteiger partial charge in [-0.15, -0.1) is 0 Å². The van der Waals surface area contributed by atoms with Crippen molar-refractivity contribution in [2.75, 3.05) is 0 Å². The molecule has 0 rings (SSSR count). The van der Waals surface area contributed by atoms with E-state index in [1.54, 1.807) is 0 Å². The summed E-state index contributed by atoms with van der Waals surface area (Å²) in [5.74, 6) is 0. The highest BCUT2D eigenvalue weighted by Crippen LogP contribution is 2.14. The molecule has 0 heteroatoms. The second-order valence-corrected chi connectivity index (χ2v) is 11.4. The lowest BCUT2D eigenvalue weighted by atomic mass is 10.0. The van der Waals surface area contributed by atoms with E-state index in [1.165, 1.54) is 186 Å². The van der Waals surface area contributed by atoms with E-state index < -0.39 is 0 Å². The topological polar surface area (TPSA) is 0 Å². The Morgan fingerprint density at radius 3 is 0.944 bits per heavy atom. The first-order valence-corrected chi connectivity index (χ1v) is 17.0. The van der Waals surface area contributed by atoms with Crippen molar-refractivity contribution in [3.63, 3.8) is 0 Å². The fraction of sp³-hybridized carbons (Fsp3) is 0.861. The summed E-state index contributed by atoms with van der Waals surface area (Å²) in [6, 6.07) is 0. The third kappa shape index (κ3) is 33.5. The number of allylic oxidation sites excluding steroid dienone is 4. The van der Waals surface area contributed by atoms with Gasteiger partial charge in [0.15, 0.2) is 0 Å². The molecular weight excluding hydrogens is 432 g/mol. The smallest absolute Gasteiger partial charge is 0.0171 e. The summed E-state index contributed by atoms with van der Waals surface area (Å²) in [5.41, 5.74) is 0. The molecule has 0 heterocycles. The highest BCUT2D eigenvalue weighted by molar-refractivity contribution is 4.94. The molecule has 0 aromatic heterocycles. The standard InChI is InChI=1S/C36H69/c1-3-5-7-9-11-13-15-17-19-21-23-25-27-29-31-33-35-36-34-32-30-28-26-24-22-20-18-16-14-12-10-8-6-4-2/h23,25,34-36H,3-22,24,26-33H2,1-2H3/b25-23-,36-34?. The van der Waals surface area contributed by atoms with Gasteiger partial charge in [0, 0.05) is 0 Å². The molecule has 0 saturated heterocycles. The Kier molecular flexibility index (Phi) is 34.0. The van der Waals surface area contributed by atoms with Crippen LogP contribution in [0.1, 0.15) is 200 Å². The normalized spacial score (nSPS) is 11.9. The molecular formula is C36H69. The second kappa shape index (κ2) is 34.5. The van der Waals surface area contributed by atoms with Crippen molar-refractivity contribution < 1.29 is 0 Å². The fourth-order valence-electron chi connectivity index (χ4n) is 5.08. The molecule has 0 atom stereocenters. The average molecular weight is 502 g/mol. The second-order valence-electron chi connectivity index (χ2n) is 11.4. The Hall–Kier alpha value is -0.520. The lowest BCUT2D eigenvalue weighted by molar-refractivity contribution is 0.536. The predicted octanol–water partition coefficient (Wildman–Crippen LogP) is 13.7. The Morgan fingerprint density at radius 2 is 0.556 bits per heavy atom. The van der Waals surface area contributed by atoms with E-state index in [-0.39, 0.29) is 0 Å². The maximum Gasteiger partial charge on any atom is -0.0171 e. The van der Waals surface area contributed by atoms with Crippen LogP contribution in [-0.2, 0) is 0 Å². The first-order chi connectivity index (χ1) is 17.9. The molecule has 0 bridgehead atoms. The molecule has 0 spiro atoms. The van der Waals surface area contributed by atoms with E-state index in [9.17, 15) is 0 Å². The zero-order valence-electron chi connectivity index (χ0n) is 25.4. The highest BCUT2D eigenvalue weighted by atomic mass is 14.0. The van der Waals surface area contributed by atoms with Gasteiger partial charge in [0.2, 0.25) is 0 Å². The summed E-state index contributed by atoms with van der Waals surface area (Å²) in [6.07, 6.45) is 52.9. The van der Waals surface area contributed by atoms with Gasteiger partial charge in [-0.3, -0.25) is 0 Å². The van der Waals surface area contributed by atoms with Crippen molar-refractivity contribution in [3.8, 4) is 0 Å². The van der Waals surface area contributed by atoms with E-state index in [0.717, 1.165) is 0 Å². The zero-order chi connectivity index (χ0) is 26.0. The van der Waals surface area contributed by atoms with Gasteiger partial charge in [-0.05, 0) is 51.4 Å². The molecule has 36 heavy (non-hydrogen) atoms. The van der Waals surface area contributed by atoms with Crippen LogP contribution < -0.4 is 0 Å². The van der Waals surface area contributed by atoms with Crippen LogP contribution in [0.25, 0.3) is 0 Å². The summed E-state index contributed by atoms with van der Waals surface area (Å²) in [5, 5.41) is 0. The van der Waals surface area contributed by atoms with Gasteiger partial charge in [0.05, 0.1) is 0 Å². The van der Waals surface area contributed by atoms with E-state index in [1.807, 2.05) is 0 Å². The molecule has 1 radical (unpaired) electrons. The van der Waals surface area contributed by atoms with Gasteiger partial charge in [-0.25, -0.2) is 0 Å².